The molecular weight excluding hydrogens is 370 g/mol. The van der Waals surface area contributed by atoms with E-state index >= 15 is 0 Å². The van der Waals surface area contributed by atoms with Crippen molar-refractivity contribution in [3.63, 3.8) is 0 Å². The van der Waals surface area contributed by atoms with Crippen molar-refractivity contribution in [3.8, 4) is 5.69 Å². The Hall–Kier alpha value is -3.68. The minimum atomic E-state index is -1.02. The molecule has 0 radical (unpaired) electrons. The van der Waals surface area contributed by atoms with Gasteiger partial charge in [-0.2, -0.15) is 5.10 Å². The number of imidazole rings is 1. The van der Waals surface area contributed by atoms with Gasteiger partial charge in [-0.05, 0) is 31.9 Å². The van der Waals surface area contributed by atoms with Gasteiger partial charge in [0.25, 0.3) is 0 Å². The minimum absolute atomic E-state index is 0.115. The molecule has 1 aliphatic heterocycles. The SMILES string of the molecule is Cc1nn(-c2ccccc2C(=O)O)c2c1C(c1ncc[nH]1)C1=C(CCCC1=O)N2. The zero-order chi connectivity index (χ0) is 20.1. The lowest BCUT2D eigenvalue weighted by Gasteiger charge is -2.31. The van der Waals surface area contributed by atoms with Gasteiger partial charge in [-0.1, -0.05) is 12.1 Å². The molecule has 3 heterocycles. The van der Waals surface area contributed by atoms with Crippen LogP contribution in [0.15, 0.2) is 47.9 Å². The lowest BCUT2D eigenvalue weighted by atomic mass is 9.79. The van der Waals surface area contributed by atoms with Crippen LogP contribution in [0.3, 0.4) is 0 Å². The van der Waals surface area contributed by atoms with E-state index in [0.29, 0.717) is 23.8 Å². The number of hydrogen-bond donors (Lipinski definition) is 3. The predicted octanol–water partition coefficient (Wildman–Crippen LogP) is 3.17. The molecule has 1 atom stereocenters. The molecule has 1 aromatic carbocycles. The van der Waals surface area contributed by atoms with Gasteiger partial charge in [-0.3, -0.25) is 4.79 Å². The first-order valence-corrected chi connectivity index (χ1v) is 9.51. The summed E-state index contributed by atoms with van der Waals surface area (Å²) in [5.41, 5.74) is 3.79. The van der Waals surface area contributed by atoms with Crippen molar-refractivity contribution < 1.29 is 14.7 Å². The molecule has 2 aliphatic rings. The number of nitrogens with zero attached hydrogens (tertiary/aromatic N) is 3. The summed E-state index contributed by atoms with van der Waals surface area (Å²) in [5, 5.41) is 17.7. The van der Waals surface area contributed by atoms with Crippen LogP contribution >= 0.6 is 0 Å². The number of aromatic carboxylic acids is 1. The molecule has 3 aromatic rings. The molecule has 146 valence electrons. The summed E-state index contributed by atoms with van der Waals surface area (Å²) < 4.78 is 1.63. The van der Waals surface area contributed by atoms with Gasteiger partial charge in [0.2, 0.25) is 0 Å². The zero-order valence-electron chi connectivity index (χ0n) is 15.8. The summed E-state index contributed by atoms with van der Waals surface area (Å²) in [5.74, 6) is 0.114. The minimum Gasteiger partial charge on any atom is -0.478 e. The molecule has 3 N–H and O–H groups in total. The van der Waals surface area contributed by atoms with Gasteiger partial charge >= 0.3 is 5.97 Å². The Balaban J connectivity index is 1.77. The van der Waals surface area contributed by atoms with E-state index in [1.807, 2.05) is 6.92 Å². The van der Waals surface area contributed by atoms with Crippen molar-refractivity contribution in [1.82, 2.24) is 19.7 Å². The number of carboxylic acids is 1. The Bertz CT molecular complexity index is 1170. The number of benzene rings is 1. The van der Waals surface area contributed by atoms with E-state index in [2.05, 4.69) is 20.4 Å². The Morgan fingerprint density at radius 3 is 2.86 bits per heavy atom. The smallest absolute Gasteiger partial charge is 0.337 e. The van der Waals surface area contributed by atoms with Crippen molar-refractivity contribution in [2.24, 2.45) is 0 Å². The average Bonchev–Trinajstić information content (AvgIpc) is 3.35. The topological polar surface area (TPSA) is 113 Å². The number of aromatic amines is 1. The number of carboxylic acid groups (broad SMARTS) is 1. The molecule has 1 aliphatic carbocycles. The second kappa shape index (κ2) is 6.44. The van der Waals surface area contributed by atoms with Crippen LogP contribution in [-0.2, 0) is 4.79 Å². The van der Waals surface area contributed by atoms with E-state index < -0.39 is 5.97 Å². The summed E-state index contributed by atoms with van der Waals surface area (Å²) in [6.45, 7) is 1.87. The van der Waals surface area contributed by atoms with Crippen molar-refractivity contribution in [2.45, 2.75) is 32.1 Å². The summed E-state index contributed by atoms with van der Waals surface area (Å²) in [4.78, 5) is 32.2. The van der Waals surface area contributed by atoms with Gasteiger partial charge in [0.1, 0.15) is 11.6 Å². The van der Waals surface area contributed by atoms with E-state index in [-0.39, 0.29) is 17.3 Å². The van der Waals surface area contributed by atoms with Crippen molar-refractivity contribution >= 4 is 17.6 Å². The quantitative estimate of drug-likeness (QED) is 0.634. The van der Waals surface area contributed by atoms with Crippen LogP contribution in [0.1, 0.15) is 52.6 Å². The third-order valence-corrected chi connectivity index (χ3v) is 5.56. The maximum absolute atomic E-state index is 12.8. The van der Waals surface area contributed by atoms with Gasteiger partial charge in [-0.25, -0.2) is 14.5 Å². The summed E-state index contributed by atoms with van der Waals surface area (Å²) in [6, 6.07) is 6.76. The first-order chi connectivity index (χ1) is 14.1. The lowest BCUT2D eigenvalue weighted by Crippen LogP contribution is -2.28. The number of H-pyrrole nitrogens is 1. The standard InChI is InChI=1S/C21H19N5O3/c1-11-16-18(19-22-9-10-23-19)17-13(6-4-8-15(17)27)24-20(16)26(25-11)14-7-3-2-5-12(14)21(28)29/h2-3,5,7,9-10,18,24H,4,6,8H2,1H3,(H,22,23)(H,28,29). The number of anilines is 1. The molecule has 1 unspecified atom stereocenters. The largest absolute Gasteiger partial charge is 0.478 e. The number of carbonyl (C=O) groups is 2. The molecule has 5 rings (SSSR count). The maximum atomic E-state index is 12.8. The monoisotopic (exact) mass is 389 g/mol. The predicted molar refractivity (Wildman–Crippen MR) is 105 cm³/mol. The van der Waals surface area contributed by atoms with Crippen LogP contribution in [0.25, 0.3) is 5.69 Å². The first kappa shape index (κ1) is 17.4. The molecule has 8 heteroatoms. The summed E-state index contributed by atoms with van der Waals surface area (Å²) in [6.07, 6.45) is 5.46. The van der Waals surface area contributed by atoms with Gasteiger partial charge < -0.3 is 15.4 Å². The number of ketones is 1. The number of Topliss-reactive ketones (excluding diaryl/α,β-unsaturated/α-hetero) is 1. The molecule has 0 bridgehead atoms. The Kier molecular flexibility index (Phi) is 3.87. The molecule has 29 heavy (non-hydrogen) atoms. The van der Waals surface area contributed by atoms with E-state index in [4.69, 9.17) is 0 Å². The molecule has 8 nitrogen and oxygen atoms in total. The highest BCUT2D eigenvalue weighted by Crippen LogP contribution is 2.46. The first-order valence-electron chi connectivity index (χ1n) is 9.51. The number of aromatic nitrogens is 4. The molecule has 0 saturated carbocycles. The van der Waals surface area contributed by atoms with Crippen LogP contribution in [0.2, 0.25) is 0 Å². The van der Waals surface area contributed by atoms with Gasteiger partial charge in [0, 0.05) is 35.6 Å². The molecule has 0 spiro atoms. The second-order valence-corrected chi connectivity index (χ2v) is 7.28. The number of para-hydroxylation sites is 1. The van der Waals surface area contributed by atoms with Crippen molar-refractivity contribution in [2.75, 3.05) is 5.32 Å². The number of rotatable bonds is 3. The number of allylic oxidation sites excluding steroid dienone is 2. The Morgan fingerprint density at radius 2 is 2.10 bits per heavy atom. The third-order valence-electron chi connectivity index (χ3n) is 5.56. The highest BCUT2D eigenvalue weighted by Gasteiger charge is 2.40. The van der Waals surface area contributed by atoms with Crippen LogP contribution < -0.4 is 5.32 Å². The fourth-order valence-electron chi connectivity index (χ4n) is 4.34. The fourth-order valence-corrected chi connectivity index (χ4v) is 4.34. The van der Waals surface area contributed by atoms with E-state index in [1.165, 1.54) is 0 Å². The molecule has 0 saturated heterocycles. The third kappa shape index (κ3) is 2.60. The number of carbonyl (C=O) groups excluding carboxylic acids is 1. The van der Waals surface area contributed by atoms with Crippen LogP contribution in [-0.4, -0.2) is 36.6 Å². The molecule has 0 amide bonds. The highest BCUT2D eigenvalue weighted by atomic mass is 16.4. The summed E-state index contributed by atoms with van der Waals surface area (Å²) >= 11 is 0. The number of hydrogen-bond acceptors (Lipinski definition) is 5. The van der Waals surface area contributed by atoms with Gasteiger partial charge in [0.05, 0.1) is 22.9 Å². The molecule has 0 fully saturated rings. The van der Waals surface area contributed by atoms with E-state index in [1.54, 1.807) is 41.3 Å². The molecule has 2 aromatic heterocycles. The van der Waals surface area contributed by atoms with Crippen molar-refractivity contribution in [1.29, 1.82) is 0 Å². The second-order valence-electron chi connectivity index (χ2n) is 7.28. The Labute approximate surface area is 166 Å². The normalized spacial score (nSPS) is 18.2. The lowest BCUT2D eigenvalue weighted by molar-refractivity contribution is -0.116. The zero-order valence-corrected chi connectivity index (χ0v) is 15.8. The van der Waals surface area contributed by atoms with Gasteiger partial charge in [0.15, 0.2) is 5.78 Å². The Morgan fingerprint density at radius 1 is 1.28 bits per heavy atom. The number of fused-ring (bicyclic) bond motifs is 1. The summed E-state index contributed by atoms with van der Waals surface area (Å²) in [7, 11) is 0. The molecular formula is C21H19N5O3. The maximum Gasteiger partial charge on any atom is 0.337 e. The van der Waals surface area contributed by atoms with Gasteiger partial charge in [-0.15, -0.1) is 0 Å². The fraction of sp³-hybridized carbons (Fsp3) is 0.238. The van der Waals surface area contributed by atoms with E-state index in [9.17, 15) is 14.7 Å². The van der Waals surface area contributed by atoms with Crippen LogP contribution in [0.5, 0.6) is 0 Å². The van der Waals surface area contributed by atoms with Crippen LogP contribution in [0, 0.1) is 6.92 Å². The average molecular weight is 389 g/mol. The van der Waals surface area contributed by atoms with Crippen molar-refractivity contribution in [3.05, 3.63) is 70.6 Å². The number of nitrogens with one attached hydrogen (secondary N) is 2. The number of aryl methyl sites for hydroxylation is 1. The highest BCUT2D eigenvalue weighted by molar-refractivity contribution is 6.01. The van der Waals surface area contributed by atoms with Crippen LogP contribution in [0.4, 0.5) is 5.82 Å². The van der Waals surface area contributed by atoms with E-state index in [0.717, 1.165) is 35.4 Å².